The Bertz CT molecular complexity index is 415. The molecular formula is C12H15NO3. The van der Waals surface area contributed by atoms with Gasteiger partial charge in [0.1, 0.15) is 6.61 Å². The van der Waals surface area contributed by atoms with Gasteiger partial charge in [0.05, 0.1) is 13.2 Å². The monoisotopic (exact) mass is 221 g/mol. The highest BCUT2D eigenvalue weighted by Crippen LogP contribution is 2.27. The molecule has 1 N–H and O–H groups in total. The Labute approximate surface area is 94.5 Å². The summed E-state index contributed by atoms with van der Waals surface area (Å²) in [4.78, 5) is 4.44. The van der Waals surface area contributed by atoms with Crippen molar-refractivity contribution in [2.24, 2.45) is 4.99 Å². The zero-order valence-corrected chi connectivity index (χ0v) is 9.43. The number of phenolic OH excluding ortho intramolecular Hbond substituents is 1. The third-order valence-corrected chi connectivity index (χ3v) is 2.61. The summed E-state index contributed by atoms with van der Waals surface area (Å²) in [6.45, 7) is 2.72. The Morgan fingerprint density at radius 2 is 2.38 bits per heavy atom. The number of hydrogen-bond donors (Lipinski definition) is 1. The fourth-order valence-corrected chi connectivity index (χ4v) is 1.59. The third kappa shape index (κ3) is 1.96. The van der Waals surface area contributed by atoms with E-state index in [-0.39, 0.29) is 11.8 Å². The van der Waals surface area contributed by atoms with Gasteiger partial charge in [-0.25, -0.2) is 4.99 Å². The van der Waals surface area contributed by atoms with E-state index in [1.165, 1.54) is 7.11 Å². The van der Waals surface area contributed by atoms with Crippen molar-refractivity contribution < 1.29 is 14.6 Å². The number of benzene rings is 1. The number of rotatable bonds is 3. The number of aliphatic imine (C=N–C) groups is 1. The quantitative estimate of drug-likeness (QED) is 0.848. The van der Waals surface area contributed by atoms with Crippen LogP contribution in [0.1, 0.15) is 18.9 Å². The average Bonchev–Trinajstić information content (AvgIpc) is 2.78. The molecule has 0 aliphatic carbocycles. The van der Waals surface area contributed by atoms with E-state index in [9.17, 15) is 5.11 Å². The lowest BCUT2D eigenvalue weighted by molar-refractivity contribution is 0.314. The van der Waals surface area contributed by atoms with Crippen LogP contribution in [-0.4, -0.2) is 30.8 Å². The van der Waals surface area contributed by atoms with Gasteiger partial charge in [-0.2, -0.15) is 0 Å². The van der Waals surface area contributed by atoms with Crippen LogP contribution in [0.3, 0.4) is 0 Å². The number of ether oxygens (including phenoxy) is 2. The molecule has 2 rings (SSSR count). The highest BCUT2D eigenvalue weighted by atomic mass is 16.5. The molecule has 0 saturated heterocycles. The smallest absolute Gasteiger partial charge is 0.216 e. The van der Waals surface area contributed by atoms with E-state index in [1.54, 1.807) is 18.2 Å². The molecule has 1 aliphatic heterocycles. The molecule has 1 aromatic rings. The molecule has 0 spiro atoms. The molecule has 0 fully saturated rings. The van der Waals surface area contributed by atoms with Gasteiger partial charge >= 0.3 is 0 Å². The summed E-state index contributed by atoms with van der Waals surface area (Å²) in [7, 11) is 1.52. The van der Waals surface area contributed by atoms with Crippen LogP contribution in [-0.2, 0) is 4.74 Å². The van der Waals surface area contributed by atoms with Gasteiger partial charge < -0.3 is 14.6 Å². The van der Waals surface area contributed by atoms with E-state index in [1.807, 2.05) is 0 Å². The molecule has 1 aromatic carbocycles. The van der Waals surface area contributed by atoms with E-state index in [0.717, 1.165) is 12.0 Å². The van der Waals surface area contributed by atoms with Crippen molar-refractivity contribution in [3.63, 3.8) is 0 Å². The van der Waals surface area contributed by atoms with E-state index in [4.69, 9.17) is 9.47 Å². The van der Waals surface area contributed by atoms with Gasteiger partial charge in [0.2, 0.25) is 5.90 Å². The minimum Gasteiger partial charge on any atom is -0.504 e. The lowest BCUT2D eigenvalue weighted by atomic mass is 10.2. The molecule has 0 aromatic heterocycles. The molecule has 0 amide bonds. The van der Waals surface area contributed by atoms with E-state index in [2.05, 4.69) is 11.9 Å². The normalized spacial score (nSPS) is 19.1. The molecule has 1 aliphatic rings. The van der Waals surface area contributed by atoms with Crippen molar-refractivity contribution >= 4 is 5.90 Å². The van der Waals surface area contributed by atoms with Crippen LogP contribution in [0.5, 0.6) is 11.5 Å². The van der Waals surface area contributed by atoms with Crippen molar-refractivity contribution in [1.29, 1.82) is 0 Å². The second-order valence-corrected chi connectivity index (χ2v) is 3.69. The lowest BCUT2D eigenvalue weighted by Crippen LogP contribution is -2.04. The van der Waals surface area contributed by atoms with Crippen LogP contribution in [0.15, 0.2) is 23.2 Å². The Morgan fingerprint density at radius 1 is 1.56 bits per heavy atom. The van der Waals surface area contributed by atoms with Crippen molar-refractivity contribution in [3.05, 3.63) is 23.8 Å². The van der Waals surface area contributed by atoms with Gasteiger partial charge in [-0.15, -0.1) is 0 Å². The topological polar surface area (TPSA) is 51.0 Å². The SMILES string of the molecule is CCC1COC(c2ccc(O)c(OC)c2)=N1. The molecule has 0 radical (unpaired) electrons. The predicted octanol–water partition coefficient (Wildman–Crippen LogP) is 1.96. The Kier molecular flexibility index (Phi) is 2.99. The number of phenols is 1. The second-order valence-electron chi connectivity index (χ2n) is 3.69. The van der Waals surface area contributed by atoms with Gasteiger partial charge in [0.25, 0.3) is 0 Å². The van der Waals surface area contributed by atoms with Crippen LogP contribution in [0.25, 0.3) is 0 Å². The van der Waals surface area contributed by atoms with Crippen molar-refractivity contribution in [1.82, 2.24) is 0 Å². The Morgan fingerprint density at radius 3 is 3.00 bits per heavy atom. The van der Waals surface area contributed by atoms with Crippen molar-refractivity contribution in [2.45, 2.75) is 19.4 Å². The van der Waals surface area contributed by atoms with E-state index in [0.29, 0.717) is 18.3 Å². The predicted molar refractivity (Wildman–Crippen MR) is 61.2 cm³/mol. The maximum absolute atomic E-state index is 9.47. The molecule has 0 saturated carbocycles. The van der Waals surface area contributed by atoms with E-state index >= 15 is 0 Å². The summed E-state index contributed by atoms with van der Waals surface area (Å²) in [5.74, 6) is 1.19. The maximum atomic E-state index is 9.47. The maximum Gasteiger partial charge on any atom is 0.216 e. The van der Waals surface area contributed by atoms with Gasteiger partial charge in [-0.1, -0.05) is 6.92 Å². The standard InChI is InChI=1S/C12H15NO3/c1-3-9-7-16-12(13-9)8-4-5-10(14)11(6-8)15-2/h4-6,9,14H,3,7H2,1-2H3. The Balaban J connectivity index is 2.28. The molecular weight excluding hydrogens is 206 g/mol. The number of hydrogen-bond acceptors (Lipinski definition) is 4. The molecule has 4 nitrogen and oxygen atoms in total. The summed E-state index contributed by atoms with van der Waals surface area (Å²) in [5.41, 5.74) is 0.839. The van der Waals surface area contributed by atoms with E-state index < -0.39 is 0 Å². The average molecular weight is 221 g/mol. The summed E-state index contributed by atoms with van der Waals surface area (Å²) < 4.78 is 10.5. The summed E-state index contributed by atoms with van der Waals surface area (Å²) in [5, 5.41) is 9.47. The van der Waals surface area contributed by atoms with Crippen molar-refractivity contribution in [3.8, 4) is 11.5 Å². The second kappa shape index (κ2) is 4.43. The molecule has 16 heavy (non-hydrogen) atoms. The van der Waals surface area contributed by atoms with Crippen LogP contribution < -0.4 is 4.74 Å². The first-order chi connectivity index (χ1) is 7.74. The zero-order chi connectivity index (χ0) is 11.5. The van der Waals surface area contributed by atoms with Crippen LogP contribution in [0.2, 0.25) is 0 Å². The van der Waals surface area contributed by atoms with Gasteiger partial charge in [0, 0.05) is 5.56 Å². The first-order valence-corrected chi connectivity index (χ1v) is 5.32. The summed E-state index contributed by atoms with van der Waals surface area (Å²) in [6, 6.07) is 5.33. The highest BCUT2D eigenvalue weighted by Gasteiger charge is 2.19. The highest BCUT2D eigenvalue weighted by molar-refractivity contribution is 5.95. The fraction of sp³-hybridized carbons (Fsp3) is 0.417. The number of aromatic hydroxyl groups is 1. The summed E-state index contributed by atoms with van der Waals surface area (Å²) >= 11 is 0. The van der Waals surface area contributed by atoms with Crippen LogP contribution in [0, 0.1) is 0 Å². The Hall–Kier alpha value is -1.71. The molecule has 0 bridgehead atoms. The molecule has 1 heterocycles. The molecule has 4 heteroatoms. The molecule has 1 atom stereocenters. The number of nitrogens with zero attached hydrogens (tertiary/aromatic N) is 1. The first-order valence-electron chi connectivity index (χ1n) is 5.32. The third-order valence-electron chi connectivity index (χ3n) is 2.61. The molecule has 86 valence electrons. The van der Waals surface area contributed by atoms with Gasteiger partial charge in [0.15, 0.2) is 11.5 Å². The van der Waals surface area contributed by atoms with Gasteiger partial charge in [-0.3, -0.25) is 0 Å². The minimum atomic E-state index is 0.122. The fourth-order valence-electron chi connectivity index (χ4n) is 1.59. The van der Waals surface area contributed by atoms with Crippen LogP contribution >= 0.6 is 0 Å². The first kappa shape index (κ1) is 10.8. The van der Waals surface area contributed by atoms with Crippen molar-refractivity contribution in [2.75, 3.05) is 13.7 Å². The largest absolute Gasteiger partial charge is 0.504 e. The van der Waals surface area contributed by atoms with Crippen LogP contribution in [0.4, 0.5) is 0 Å². The summed E-state index contributed by atoms with van der Waals surface area (Å²) in [6.07, 6.45) is 0.971. The number of methoxy groups -OCH3 is 1. The molecule has 1 unspecified atom stereocenters. The lowest BCUT2D eigenvalue weighted by Gasteiger charge is -2.06. The van der Waals surface area contributed by atoms with Gasteiger partial charge in [-0.05, 0) is 24.6 Å². The zero-order valence-electron chi connectivity index (χ0n) is 9.43. The minimum absolute atomic E-state index is 0.122.